The molecule has 0 aromatic rings. The van der Waals surface area contributed by atoms with Crippen molar-refractivity contribution in [3.05, 3.63) is 11.8 Å². The molecule has 0 aromatic carbocycles. The molecule has 0 spiro atoms. The summed E-state index contributed by atoms with van der Waals surface area (Å²) in [5.41, 5.74) is 1.11. The van der Waals surface area contributed by atoms with Crippen LogP contribution in [0.2, 0.25) is 0 Å². The van der Waals surface area contributed by atoms with Crippen LogP contribution in [-0.4, -0.2) is 24.0 Å². The molecular formula is C12H22N2O. The maximum absolute atomic E-state index is 11.8. The van der Waals surface area contributed by atoms with Crippen molar-refractivity contribution in [2.45, 2.75) is 34.1 Å². The van der Waals surface area contributed by atoms with Crippen LogP contribution in [0.25, 0.3) is 0 Å². The molecule has 1 aliphatic heterocycles. The molecule has 1 N–H and O–H groups in total. The van der Waals surface area contributed by atoms with Crippen molar-refractivity contribution in [2.75, 3.05) is 13.1 Å². The van der Waals surface area contributed by atoms with Gasteiger partial charge in [0.15, 0.2) is 0 Å². The van der Waals surface area contributed by atoms with E-state index in [-0.39, 0.29) is 6.03 Å². The highest BCUT2D eigenvalue weighted by Gasteiger charge is 2.24. The van der Waals surface area contributed by atoms with Gasteiger partial charge in [-0.1, -0.05) is 19.4 Å². The van der Waals surface area contributed by atoms with Gasteiger partial charge in [0.25, 0.3) is 0 Å². The van der Waals surface area contributed by atoms with Crippen molar-refractivity contribution in [3.8, 4) is 0 Å². The second-order valence-electron chi connectivity index (χ2n) is 5.02. The maximum Gasteiger partial charge on any atom is 0.321 e. The number of piperidine rings is 1. The molecule has 1 heterocycles. The number of urea groups is 1. The van der Waals surface area contributed by atoms with Gasteiger partial charge < -0.3 is 10.2 Å². The Hall–Kier alpha value is -0.990. The second kappa shape index (κ2) is 5.19. The Balaban J connectivity index is 2.48. The first-order chi connectivity index (χ1) is 6.99. The zero-order valence-corrected chi connectivity index (χ0v) is 10.2. The van der Waals surface area contributed by atoms with E-state index in [1.165, 1.54) is 6.42 Å². The van der Waals surface area contributed by atoms with Gasteiger partial charge in [-0.2, -0.15) is 0 Å². The van der Waals surface area contributed by atoms with Crippen LogP contribution < -0.4 is 5.32 Å². The van der Waals surface area contributed by atoms with E-state index in [9.17, 15) is 4.79 Å². The van der Waals surface area contributed by atoms with Gasteiger partial charge in [0.2, 0.25) is 0 Å². The SMILES string of the molecule is CC(C)=CNC(=O)N1CC(C)CC(C)C1. The summed E-state index contributed by atoms with van der Waals surface area (Å²) in [4.78, 5) is 13.7. The largest absolute Gasteiger partial charge is 0.324 e. The summed E-state index contributed by atoms with van der Waals surface area (Å²) in [5, 5.41) is 2.82. The van der Waals surface area contributed by atoms with Crippen molar-refractivity contribution in [1.29, 1.82) is 0 Å². The molecule has 86 valence electrons. The molecule has 0 bridgehead atoms. The highest BCUT2D eigenvalue weighted by Crippen LogP contribution is 2.20. The summed E-state index contributed by atoms with van der Waals surface area (Å²) >= 11 is 0. The molecule has 0 aliphatic carbocycles. The van der Waals surface area contributed by atoms with Crippen molar-refractivity contribution in [2.24, 2.45) is 11.8 Å². The first-order valence-electron chi connectivity index (χ1n) is 5.68. The number of amides is 2. The third-order valence-corrected chi connectivity index (χ3v) is 2.64. The molecule has 1 saturated heterocycles. The summed E-state index contributed by atoms with van der Waals surface area (Å²) in [6, 6.07) is 0.0367. The fourth-order valence-electron chi connectivity index (χ4n) is 2.13. The zero-order valence-electron chi connectivity index (χ0n) is 10.2. The van der Waals surface area contributed by atoms with Gasteiger partial charge in [0.1, 0.15) is 0 Å². The molecule has 2 unspecified atom stereocenters. The van der Waals surface area contributed by atoms with E-state index in [1.807, 2.05) is 18.7 Å². The van der Waals surface area contributed by atoms with E-state index >= 15 is 0 Å². The monoisotopic (exact) mass is 210 g/mol. The summed E-state index contributed by atoms with van der Waals surface area (Å²) in [5.74, 6) is 1.23. The van der Waals surface area contributed by atoms with Gasteiger partial charge >= 0.3 is 6.03 Å². The number of hydrogen-bond donors (Lipinski definition) is 1. The van der Waals surface area contributed by atoms with E-state index in [4.69, 9.17) is 0 Å². The Morgan fingerprint density at radius 1 is 1.27 bits per heavy atom. The van der Waals surface area contributed by atoms with Gasteiger partial charge in [-0.25, -0.2) is 4.79 Å². The molecule has 0 radical (unpaired) electrons. The molecule has 15 heavy (non-hydrogen) atoms. The van der Waals surface area contributed by atoms with Gasteiger partial charge in [-0.15, -0.1) is 0 Å². The van der Waals surface area contributed by atoms with Crippen LogP contribution in [0, 0.1) is 11.8 Å². The Morgan fingerprint density at radius 3 is 2.27 bits per heavy atom. The van der Waals surface area contributed by atoms with Crippen LogP contribution in [0.1, 0.15) is 34.1 Å². The minimum Gasteiger partial charge on any atom is -0.324 e. The summed E-state index contributed by atoms with van der Waals surface area (Å²) in [6.45, 7) is 10.1. The molecule has 1 rings (SSSR count). The van der Waals surface area contributed by atoms with Crippen LogP contribution in [-0.2, 0) is 0 Å². The first kappa shape index (κ1) is 12.1. The predicted molar refractivity (Wildman–Crippen MR) is 62.5 cm³/mol. The predicted octanol–water partition coefficient (Wildman–Crippen LogP) is 2.60. The fraction of sp³-hybridized carbons (Fsp3) is 0.750. The van der Waals surface area contributed by atoms with Crippen molar-refractivity contribution < 1.29 is 4.79 Å². The molecule has 3 nitrogen and oxygen atoms in total. The van der Waals surface area contributed by atoms with Gasteiger partial charge in [0.05, 0.1) is 0 Å². The quantitative estimate of drug-likeness (QED) is 0.709. The Kier molecular flexibility index (Phi) is 4.18. The average molecular weight is 210 g/mol. The van der Waals surface area contributed by atoms with Crippen molar-refractivity contribution in [1.82, 2.24) is 10.2 Å². The fourth-order valence-corrected chi connectivity index (χ4v) is 2.13. The van der Waals surface area contributed by atoms with Crippen LogP contribution in [0.5, 0.6) is 0 Å². The number of likely N-dealkylation sites (tertiary alicyclic amines) is 1. The number of rotatable bonds is 1. The smallest absolute Gasteiger partial charge is 0.321 e. The number of nitrogens with zero attached hydrogens (tertiary/aromatic N) is 1. The van der Waals surface area contributed by atoms with Crippen LogP contribution >= 0.6 is 0 Å². The van der Waals surface area contributed by atoms with E-state index in [1.54, 1.807) is 6.20 Å². The molecule has 1 fully saturated rings. The summed E-state index contributed by atoms with van der Waals surface area (Å²) in [7, 11) is 0. The minimum absolute atomic E-state index is 0.0367. The molecule has 2 amide bonds. The van der Waals surface area contributed by atoms with E-state index < -0.39 is 0 Å². The van der Waals surface area contributed by atoms with Crippen LogP contribution in [0.4, 0.5) is 4.79 Å². The Labute approximate surface area is 92.5 Å². The molecule has 1 aliphatic rings. The third kappa shape index (κ3) is 3.94. The van der Waals surface area contributed by atoms with Crippen LogP contribution in [0.3, 0.4) is 0 Å². The average Bonchev–Trinajstić information content (AvgIpc) is 2.12. The lowest BCUT2D eigenvalue weighted by atomic mass is 9.92. The lowest BCUT2D eigenvalue weighted by Gasteiger charge is -2.34. The zero-order chi connectivity index (χ0) is 11.4. The number of carbonyl (C=O) groups excluding carboxylic acids is 1. The topological polar surface area (TPSA) is 32.3 Å². The van der Waals surface area contributed by atoms with E-state index in [2.05, 4.69) is 19.2 Å². The summed E-state index contributed by atoms with van der Waals surface area (Å²) < 4.78 is 0. The standard InChI is InChI=1S/C12H22N2O/c1-9(2)6-13-12(15)14-7-10(3)5-11(4)8-14/h6,10-11H,5,7-8H2,1-4H3,(H,13,15). The summed E-state index contributed by atoms with van der Waals surface area (Å²) in [6.07, 6.45) is 3.00. The normalized spacial score (nSPS) is 26.0. The minimum atomic E-state index is 0.0367. The lowest BCUT2D eigenvalue weighted by molar-refractivity contribution is 0.149. The molecule has 2 atom stereocenters. The highest BCUT2D eigenvalue weighted by molar-refractivity contribution is 5.75. The van der Waals surface area contributed by atoms with E-state index in [0.717, 1.165) is 18.7 Å². The molecule has 0 saturated carbocycles. The van der Waals surface area contributed by atoms with Crippen LogP contribution in [0.15, 0.2) is 11.8 Å². The first-order valence-corrected chi connectivity index (χ1v) is 5.68. The number of allylic oxidation sites excluding steroid dienone is 1. The molecule has 0 aromatic heterocycles. The van der Waals surface area contributed by atoms with Gasteiger partial charge in [0, 0.05) is 19.3 Å². The number of hydrogen-bond acceptors (Lipinski definition) is 1. The Bertz CT molecular complexity index is 246. The lowest BCUT2D eigenvalue weighted by Crippen LogP contribution is -2.46. The van der Waals surface area contributed by atoms with Crippen molar-refractivity contribution in [3.63, 3.8) is 0 Å². The Morgan fingerprint density at radius 2 is 1.80 bits per heavy atom. The van der Waals surface area contributed by atoms with Gasteiger partial charge in [-0.3, -0.25) is 0 Å². The molecular weight excluding hydrogens is 188 g/mol. The molecule has 3 heteroatoms. The highest BCUT2D eigenvalue weighted by atomic mass is 16.2. The second-order valence-corrected chi connectivity index (χ2v) is 5.02. The maximum atomic E-state index is 11.8. The van der Waals surface area contributed by atoms with Gasteiger partial charge in [-0.05, 0) is 32.1 Å². The van der Waals surface area contributed by atoms with Crippen molar-refractivity contribution >= 4 is 6.03 Å². The van der Waals surface area contributed by atoms with E-state index in [0.29, 0.717) is 11.8 Å². The number of nitrogens with one attached hydrogen (secondary N) is 1. The number of carbonyl (C=O) groups is 1. The third-order valence-electron chi connectivity index (χ3n) is 2.64.